The van der Waals surface area contributed by atoms with Crippen LogP contribution in [0, 0.1) is 5.92 Å². The van der Waals surface area contributed by atoms with E-state index in [0.29, 0.717) is 17.9 Å². The van der Waals surface area contributed by atoms with Gasteiger partial charge in [0.25, 0.3) is 0 Å². The normalized spacial score (nSPS) is 20.4. The zero-order chi connectivity index (χ0) is 21.3. The van der Waals surface area contributed by atoms with Gasteiger partial charge in [0.1, 0.15) is 11.6 Å². The fourth-order valence-corrected chi connectivity index (χ4v) is 4.38. The Morgan fingerprint density at radius 3 is 2.67 bits per heavy atom. The molecule has 4 rings (SSSR count). The quantitative estimate of drug-likeness (QED) is 0.792. The Morgan fingerprint density at radius 1 is 1.23 bits per heavy atom. The zero-order valence-corrected chi connectivity index (χ0v) is 16.2. The van der Waals surface area contributed by atoms with Crippen molar-refractivity contribution in [2.75, 3.05) is 11.9 Å². The Morgan fingerprint density at radius 2 is 2.00 bits per heavy atom. The van der Waals surface area contributed by atoms with Crippen molar-refractivity contribution in [1.82, 2.24) is 14.9 Å². The lowest BCUT2D eigenvalue weighted by Gasteiger charge is -2.29. The first-order valence-electron chi connectivity index (χ1n) is 9.90. The van der Waals surface area contributed by atoms with Crippen LogP contribution in [0.25, 0.3) is 0 Å². The highest BCUT2D eigenvalue weighted by Crippen LogP contribution is 2.39. The minimum Gasteiger partial charge on any atom is -0.361 e. The molecular formula is C21H21F3N4O2. The number of allylic oxidation sites excluding steroid dienone is 3. The van der Waals surface area contributed by atoms with Crippen LogP contribution in [0.4, 0.5) is 19.0 Å². The number of nitrogens with zero attached hydrogens (tertiary/aromatic N) is 3. The lowest BCUT2D eigenvalue weighted by Crippen LogP contribution is -2.42. The standard InChI is InChI=1S/C21H21F3N4O2/c22-21(23,24)19-15-12-28(11-14(15)5-6-17(19)29)16(9-13-3-1-2-4-13)20(30)27-18-10-25-7-8-26-18/h5-8,10-11,13,16H,1-4,9,12H2,(H,26,27,30)/t16-/m0/s1. The molecule has 1 fully saturated rings. The van der Waals surface area contributed by atoms with Crippen molar-refractivity contribution in [2.45, 2.75) is 44.3 Å². The number of rotatable bonds is 5. The molecule has 3 aliphatic rings. The monoisotopic (exact) mass is 418 g/mol. The molecule has 2 aliphatic carbocycles. The van der Waals surface area contributed by atoms with Crippen molar-refractivity contribution < 1.29 is 22.8 Å². The van der Waals surface area contributed by atoms with E-state index in [-0.39, 0.29) is 23.8 Å². The van der Waals surface area contributed by atoms with Gasteiger partial charge in [0.05, 0.1) is 6.20 Å². The molecule has 30 heavy (non-hydrogen) atoms. The summed E-state index contributed by atoms with van der Waals surface area (Å²) in [6, 6.07) is -0.668. The average molecular weight is 418 g/mol. The molecular weight excluding hydrogens is 397 g/mol. The fraction of sp³-hybridized carbons (Fsp3) is 0.429. The van der Waals surface area contributed by atoms with Crippen molar-refractivity contribution in [3.8, 4) is 0 Å². The van der Waals surface area contributed by atoms with Crippen LogP contribution in [0.3, 0.4) is 0 Å². The second-order valence-electron chi connectivity index (χ2n) is 7.79. The minimum atomic E-state index is -4.74. The number of nitrogens with one attached hydrogen (secondary N) is 1. The third-order valence-corrected chi connectivity index (χ3v) is 5.79. The number of aromatic nitrogens is 2. The van der Waals surface area contributed by atoms with Gasteiger partial charge >= 0.3 is 6.18 Å². The summed E-state index contributed by atoms with van der Waals surface area (Å²) < 4.78 is 40.4. The summed E-state index contributed by atoms with van der Waals surface area (Å²) in [7, 11) is 0. The number of carbonyl (C=O) groups excluding carboxylic acids is 2. The highest BCUT2D eigenvalue weighted by Gasteiger charge is 2.44. The van der Waals surface area contributed by atoms with Gasteiger partial charge in [0, 0.05) is 25.1 Å². The van der Waals surface area contributed by atoms with Gasteiger partial charge in [-0.1, -0.05) is 25.7 Å². The van der Waals surface area contributed by atoms with Crippen LogP contribution < -0.4 is 5.32 Å². The van der Waals surface area contributed by atoms with Crippen LogP contribution in [-0.4, -0.2) is 45.3 Å². The van der Waals surface area contributed by atoms with E-state index in [1.165, 1.54) is 24.7 Å². The largest absolute Gasteiger partial charge is 0.420 e. The molecule has 1 aromatic heterocycles. The van der Waals surface area contributed by atoms with E-state index in [2.05, 4.69) is 15.3 Å². The van der Waals surface area contributed by atoms with Gasteiger partial charge in [-0.15, -0.1) is 0 Å². The van der Waals surface area contributed by atoms with E-state index in [9.17, 15) is 22.8 Å². The predicted molar refractivity (Wildman–Crippen MR) is 103 cm³/mol. The zero-order valence-electron chi connectivity index (χ0n) is 16.2. The van der Waals surface area contributed by atoms with E-state index in [4.69, 9.17) is 0 Å². The van der Waals surface area contributed by atoms with Gasteiger partial charge in [-0.05, 0) is 35.6 Å². The van der Waals surface area contributed by atoms with Crippen molar-refractivity contribution >= 4 is 17.5 Å². The van der Waals surface area contributed by atoms with E-state index in [1.54, 1.807) is 11.1 Å². The minimum absolute atomic E-state index is 0.0706. The first kappa shape index (κ1) is 20.3. The van der Waals surface area contributed by atoms with Crippen LogP contribution in [0.1, 0.15) is 32.1 Å². The molecule has 1 aromatic rings. The Kier molecular flexibility index (Phi) is 5.44. The van der Waals surface area contributed by atoms with E-state index in [0.717, 1.165) is 31.8 Å². The molecule has 1 atom stereocenters. The van der Waals surface area contributed by atoms with Gasteiger partial charge in [-0.2, -0.15) is 13.2 Å². The maximum atomic E-state index is 13.5. The van der Waals surface area contributed by atoms with Gasteiger partial charge in [-0.3, -0.25) is 14.6 Å². The molecule has 6 nitrogen and oxygen atoms in total. The average Bonchev–Trinajstić information content (AvgIpc) is 3.35. The summed E-state index contributed by atoms with van der Waals surface area (Å²) in [5.74, 6) is -0.777. The summed E-state index contributed by atoms with van der Waals surface area (Å²) in [6.45, 7) is -0.133. The van der Waals surface area contributed by atoms with Gasteiger partial charge in [0.2, 0.25) is 5.91 Å². The molecule has 0 radical (unpaired) electrons. The topological polar surface area (TPSA) is 75.2 Å². The summed E-state index contributed by atoms with van der Waals surface area (Å²) in [6.07, 6.45) is 8.18. The Bertz CT molecular complexity index is 931. The molecule has 1 amide bonds. The number of alkyl halides is 3. The van der Waals surface area contributed by atoms with Crippen LogP contribution in [0.15, 0.2) is 53.7 Å². The third-order valence-electron chi connectivity index (χ3n) is 5.79. The Balaban J connectivity index is 1.62. The molecule has 0 unspecified atom stereocenters. The third kappa shape index (κ3) is 4.15. The van der Waals surface area contributed by atoms with Crippen LogP contribution in [0.2, 0.25) is 0 Å². The van der Waals surface area contributed by atoms with E-state index in [1.807, 2.05) is 0 Å². The SMILES string of the molecule is O=C1C=CC2=CN([C@@H](CC3CCCC3)C(=O)Nc3cnccn3)CC2=C1C(F)(F)F. The molecule has 9 heteroatoms. The van der Waals surface area contributed by atoms with E-state index < -0.39 is 23.6 Å². The van der Waals surface area contributed by atoms with Crippen molar-refractivity contribution in [3.05, 3.63) is 53.7 Å². The summed E-state index contributed by atoms with van der Waals surface area (Å²) in [5.41, 5.74) is -0.892. The molecule has 2 heterocycles. The first-order valence-corrected chi connectivity index (χ1v) is 9.90. The second kappa shape index (κ2) is 8.04. The molecule has 0 spiro atoms. The van der Waals surface area contributed by atoms with Crippen LogP contribution in [0.5, 0.6) is 0 Å². The Hall–Kier alpha value is -2.97. The van der Waals surface area contributed by atoms with E-state index >= 15 is 0 Å². The van der Waals surface area contributed by atoms with Crippen molar-refractivity contribution in [3.63, 3.8) is 0 Å². The highest BCUT2D eigenvalue weighted by molar-refractivity contribution is 6.08. The lowest BCUT2D eigenvalue weighted by molar-refractivity contribution is -0.125. The molecule has 0 aromatic carbocycles. The Labute approximate surface area is 171 Å². The molecule has 1 N–H and O–H groups in total. The summed E-state index contributed by atoms with van der Waals surface area (Å²) in [4.78, 5) is 34.6. The first-order chi connectivity index (χ1) is 14.3. The smallest absolute Gasteiger partial charge is 0.361 e. The highest BCUT2D eigenvalue weighted by atomic mass is 19.4. The maximum absolute atomic E-state index is 13.5. The molecule has 0 saturated heterocycles. The number of amides is 1. The molecule has 1 aliphatic heterocycles. The van der Waals surface area contributed by atoms with Crippen molar-refractivity contribution in [2.24, 2.45) is 5.92 Å². The number of fused-ring (bicyclic) bond motifs is 1. The number of anilines is 1. The van der Waals surface area contributed by atoms with Crippen LogP contribution >= 0.6 is 0 Å². The van der Waals surface area contributed by atoms with Gasteiger partial charge in [0.15, 0.2) is 11.6 Å². The fourth-order valence-electron chi connectivity index (χ4n) is 4.38. The number of halogens is 3. The molecule has 158 valence electrons. The number of ketones is 1. The second-order valence-corrected chi connectivity index (χ2v) is 7.79. The van der Waals surface area contributed by atoms with Crippen LogP contribution in [-0.2, 0) is 9.59 Å². The molecule has 0 bridgehead atoms. The predicted octanol–water partition coefficient (Wildman–Crippen LogP) is 3.56. The lowest BCUT2D eigenvalue weighted by atomic mass is 9.93. The van der Waals surface area contributed by atoms with Crippen molar-refractivity contribution in [1.29, 1.82) is 0 Å². The molecule has 1 saturated carbocycles. The summed E-state index contributed by atoms with van der Waals surface area (Å²) in [5, 5.41) is 2.72. The number of carbonyl (C=O) groups is 2. The maximum Gasteiger partial charge on any atom is 0.420 e. The number of hydrogen-bond donors (Lipinski definition) is 1. The summed E-state index contributed by atoms with van der Waals surface area (Å²) >= 11 is 0. The van der Waals surface area contributed by atoms with Gasteiger partial charge < -0.3 is 10.2 Å². The van der Waals surface area contributed by atoms with Gasteiger partial charge in [-0.25, -0.2) is 4.98 Å². The number of hydrogen-bond acceptors (Lipinski definition) is 5.